The maximum Gasteiger partial charge on any atom is 0.229 e. The first kappa shape index (κ1) is 14.9. The molecule has 7 nitrogen and oxygen atoms in total. The van der Waals surface area contributed by atoms with E-state index in [1.54, 1.807) is 6.20 Å². The Morgan fingerprint density at radius 1 is 1.29 bits per heavy atom. The summed E-state index contributed by atoms with van der Waals surface area (Å²) in [5.74, 6) is 2.23. The molecule has 0 saturated carbocycles. The van der Waals surface area contributed by atoms with Gasteiger partial charge in [0.2, 0.25) is 5.95 Å². The summed E-state index contributed by atoms with van der Waals surface area (Å²) in [6, 6.07) is 7.80. The highest BCUT2D eigenvalue weighted by Crippen LogP contribution is 2.24. The summed E-state index contributed by atoms with van der Waals surface area (Å²) in [4.78, 5) is 18.7. The monoisotopic (exact) mass is 324 g/mol. The number of aliphatic hydroxyl groups is 1. The van der Waals surface area contributed by atoms with E-state index in [0.717, 1.165) is 47.7 Å². The Morgan fingerprint density at radius 2 is 2.21 bits per heavy atom. The molecule has 1 unspecified atom stereocenters. The summed E-state index contributed by atoms with van der Waals surface area (Å²) in [5.41, 5.74) is 2.72. The number of imidazole rings is 1. The second-order valence-corrected chi connectivity index (χ2v) is 6.13. The van der Waals surface area contributed by atoms with Gasteiger partial charge in [-0.1, -0.05) is 6.07 Å². The maximum absolute atomic E-state index is 9.85. The average molecular weight is 324 g/mol. The number of hydrogen-bond donors (Lipinski definition) is 3. The zero-order chi connectivity index (χ0) is 16.5. The number of hydrogen-bond acceptors (Lipinski definition) is 6. The number of rotatable bonds is 3. The molecule has 0 bridgehead atoms. The Labute approximate surface area is 139 Å². The Bertz CT molecular complexity index is 861. The minimum absolute atomic E-state index is 0.286. The van der Waals surface area contributed by atoms with E-state index in [1.165, 1.54) is 0 Å². The number of aryl methyl sites for hydroxylation is 1. The highest BCUT2D eigenvalue weighted by Gasteiger charge is 2.19. The lowest BCUT2D eigenvalue weighted by Gasteiger charge is -2.31. The first-order chi connectivity index (χ1) is 11.7. The zero-order valence-electron chi connectivity index (χ0n) is 13.5. The van der Waals surface area contributed by atoms with Crippen LogP contribution < -0.4 is 10.2 Å². The number of benzene rings is 1. The molecule has 1 fully saturated rings. The predicted molar refractivity (Wildman–Crippen MR) is 93.6 cm³/mol. The molecule has 0 spiro atoms. The van der Waals surface area contributed by atoms with E-state index in [0.29, 0.717) is 12.5 Å². The van der Waals surface area contributed by atoms with Crippen LogP contribution in [0.15, 0.2) is 30.5 Å². The van der Waals surface area contributed by atoms with Gasteiger partial charge in [0.05, 0.1) is 17.3 Å². The summed E-state index contributed by atoms with van der Waals surface area (Å²) in [7, 11) is 0. The second kappa shape index (κ2) is 6.09. The first-order valence-electron chi connectivity index (χ1n) is 8.17. The highest BCUT2D eigenvalue weighted by molar-refractivity contribution is 5.89. The van der Waals surface area contributed by atoms with Crippen molar-refractivity contribution in [3.63, 3.8) is 0 Å². The number of nitrogens with zero attached hydrogens (tertiary/aromatic N) is 4. The van der Waals surface area contributed by atoms with Gasteiger partial charge in [-0.25, -0.2) is 9.97 Å². The van der Waals surface area contributed by atoms with Gasteiger partial charge in [0.1, 0.15) is 17.2 Å². The van der Waals surface area contributed by atoms with Crippen molar-refractivity contribution in [1.82, 2.24) is 19.9 Å². The molecule has 24 heavy (non-hydrogen) atoms. The van der Waals surface area contributed by atoms with Crippen molar-refractivity contribution in [3.8, 4) is 0 Å². The van der Waals surface area contributed by atoms with E-state index in [-0.39, 0.29) is 6.10 Å². The number of para-hydroxylation sites is 1. The standard InChI is InChI=1S/C17H20N6O/c1-11-19-13-5-2-6-14(16(13)20-11)21-17-18-8-7-15(22-17)23-9-3-4-12(24)10-23/h2,5-8,12,24H,3-4,9-10H2,1H3,(H,19,20)(H,18,21,22). The normalized spacial score (nSPS) is 18.1. The number of aromatic nitrogens is 4. The molecule has 1 aliphatic rings. The quantitative estimate of drug-likeness (QED) is 0.685. The number of fused-ring (bicyclic) bond motifs is 1. The number of aliphatic hydroxyl groups excluding tert-OH is 1. The zero-order valence-corrected chi connectivity index (χ0v) is 13.5. The van der Waals surface area contributed by atoms with Gasteiger partial charge in [-0.15, -0.1) is 0 Å². The van der Waals surface area contributed by atoms with Crippen LogP contribution in [-0.4, -0.2) is 44.2 Å². The van der Waals surface area contributed by atoms with E-state index in [2.05, 4.69) is 30.2 Å². The fourth-order valence-corrected chi connectivity index (χ4v) is 3.13. The molecular formula is C17H20N6O. The number of piperidine rings is 1. The van der Waals surface area contributed by atoms with Crippen molar-refractivity contribution in [2.75, 3.05) is 23.3 Å². The van der Waals surface area contributed by atoms with Crippen molar-refractivity contribution in [2.45, 2.75) is 25.9 Å². The minimum Gasteiger partial charge on any atom is -0.391 e. The SMILES string of the molecule is Cc1nc2c(Nc3nccc(N4CCCC(O)C4)n3)cccc2[nH]1. The molecule has 0 aliphatic carbocycles. The van der Waals surface area contributed by atoms with Gasteiger partial charge in [-0.3, -0.25) is 0 Å². The van der Waals surface area contributed by atoms with Crippen LogP contribution in [-0.2, 0) is 0 Å². The van der Waals surface area contributed by atoms with E-state index >= 15 is 0 Å². The van der Waals surface area contributed by atoms with Gasteiger partial charge < -0.3 is 20.3 Å². The molecular weight excluding hydrogens is 304 g/mol. The van der Waals surface area contributed by atoms with Gasteiger partial charge in [0, 0.05) is 19.3 Å². The number of β-amino-alcohol motifs (C(OH)–C–C–N with tert-alkyl or cyclic N) is 1. The summed E-state index contributed by atoms with van der Waals surface area (Å²) in [5, 5.41) is 13.1. The first-order valence-corrected chi connectivity index (χ1v) is 8.17. The molecule has 1 aliphatic heterocycles. The molecule has 2 aromatic heterocycles. The number of anilines is 3. The second-order valence-electron chi connectivity index (χ2n) is 6.13. The van der Waals surface area contributed by atoms with Crippen molar-refractivity contribution in [1.29, 1.82) is 0 Å². The maximum atomic E-state index is 9.85. The largest absolute Gasteiger partial charge is 0.391 e. The topological polar surface area (TPSA) is 90.0 Å². The predicted octanol–water partition coefficient (Wildman–Crippen LogP) is 2.37. The third-order valence-electron chi connectivity index (χ3n) is 4.24. The highest BCUT2D eigenvalue weighted by atomic mass is 16.3. The molecule has 7 heteroatoms. The lowest BCUT2D eigenvalue weighted by molar-refractivity contribution is 0.154. The summed E-state index contributed by atoms with van der Waals surface area (Å²) in [6.07, 6.45) is 3.28. The molecule has 1 aromatic carbocycles. The van der Waals surface area contributed by atoms with Crippen molar-refractivity contribution in [2.24, 2.45) is 0 Å². The Morgan fingerprint density at radius 3 is 3.08 bits per heavy atom. The summed E-state index contributed by atoms with van der Waals surface area (Å²) in [6.45, 7) is 3.45. The summed E-state index contributed by atoms with van der Waals surface area (Å²) < 4.78 is 0. The van der Waals surface area contributed by atoms with Gasteiger partial charge in [0.25, 0.3) is 0 Å². The molecule has 1 atom stereocenters. The van der Waals surface area contributed by atoms with E-state index in [1.807, 2.05) is 31.2 Å². The molecule has 4 rings (SSSR count). The third-order valence-corrected chi connectivity index (χ3v) is 4.24. The number of nitrogens with one attached hydrogen (secondary N) is 2. The van der Waals surface area contributed by atoms with Crippen LogP contribution in [0.2, 0.25) is 0 Å². The van der Waals surface area contributed by atoms with E-state index in [4.69, 9.17) is 0 Å². The lowest BCUT2D eigenvalue weighted by atomic mass is 10.1. The fourth-order valence-electron chi connectivity index (χ4n) is 3.13. The van der Waals surface area contributed by atoms with Gasteiger partial charge in [-0.2, -0.15) is 4.98 Å². The lowest BCUT2D eigenvalue weighted by Crippen LogP contribution is -2.38. The van der Waals surface area contributed by atoms with Crippen molar-refractivity contribution in [3.05, 3.63) is 36.3 Å². The molecule has 0 amide bonds. The van der Waals surface area contributed by atoms with Crippen LogP contribution in [0.25, 0.3) is 11.0 Å². The van der Waals surface area contributed by atoms with E-state index in [9.17, 15) is 5.11 Å². The smallest absolute Gasteiger partial charge is 0.229 e. The molecule has 3 heterocycles. The van der Waals surface area contributed by atoms with Gasteiger partial charge in [-0.05, 0) is 38.0 Å². The molecule has 3 aromatic rings. The number of aromatic amines is 1. The van der Waals surface area contributed by atoms with Crippen LogP contribution in [0.4, 0.5) is 17.5 Å². The minimum atomic E-state index is -0.286. The Balaban J connectivity index is 1.61. The fraction of sp³-hybridized carbons (Fsp3) is 0.353. The van der Waals surface area contributed by atoms with Gasteiger partial charge in [0.15, 0.2) is 0 Å². The van der Waals surface area contributed by atoms with Crippen molar-refractivity contribution < 1.29 is 5.11 Å². The molecule has 124 valence electrons. The number of H-pyrrole nitrogens is 1. The average Bonchev–Trinajstić information content (AvgIpc) is 2.97. The van der Waals surface area contributed by atoms with Crippen LogP contribution in [0.1, 0.15) is 18.7 Å². The Hall–Kier alpha value is -2.67. The molecule has 0 radical (unpaired) electrons. The Kier molecular flexibility index (Phi) is 3.78. The van der Waals surface area contributed by atoms with Crippen LogP contribution >= 0.6 is 0 Å². The summed E-state index contributed by atoms with van der Waals surface area (Å²) >= 11 is 0. The third kappa shape index (κ3) is 2.90. The molecule has 3 N–H and O–H groups in total. The van der Waals surface area contributed by atoms with Crippen molar-refractivity contribution >= 4 is 28.5 Å². The van der Waals surface area contributed by atoms with Crippen LogP contribution in [0.5, 0.6) is 0 Å². The van der Waals surface area contributed by atoms with Crippen LogP contribution in [0.3, 0.4) is 0 Å². The molecule has 1 saturated heterocycles. The van der Waals surface area contributed by atoms with E-state index < -0.39 is 0 Å². The van der Waals surface area contributed by atoms with Crippen LogP contribution in [0, 0.1) is 6.92 Å². The van der Waals surface area contributed by atoms with Gasteiger partial charge >= 0.3 is 0 Å².